The fourth-order valence-electron chi connectivity index (χ4n) is 2.04. The number of thioether (sulfide) groups is 1. The number of carbonyl (C=O) groups is 2. The molecule has 1 aliphatic rings. The molecule has 104 valence electrons. The summed E-state index contributed by atoms with van der Waals surface area (Å²) in [7, 11) is 0. The van der Waals surface area contributed by atoms with E-state index in [9.17, 15) is 9.59 Å². The Labute approximate surface area is 113 Å². The van der Waals surface area contributed by atoms with Gasteiger partial charge in [-0.05, 0) is 31.6 Å². The molecule has 0 atom stereocenters. The lowest BCUT2D eigenvalue weighted by molar-refractivity contribution is -0.142. The molecule has 1 fully saturated rings. The highest BCUT2D eigenvalue weighted by Crippen LogP contribution is 2.31. The normalized spacial score (nSPS) is 23.9. The summed E-state index contributed by atoms with van der Waals surface area (Å²) >= 11 is 1.67. The van der Waals surface area contributed by atoms with Crippen molar-refractivity contribution in [2.45, 2.75) is 44.8 Å². The van der Waals surface area contributed by atoms with Gasteiger partial charge in [0.15, 0.2) is 0 Å². The minimum absolute atomic E-state index is 0.0917. The predicted octanol–water partition coefficient (Wildman–Crippen LogP) is 2.14. The van der Waals surface area contributed by atoms with Crippen LogP contribution in [-0.4, -0.2) is 34.5 Å². The maximum absolute atomic E-state index is 11.5. The highest BCUT2D eigenvalue weighted by Gasteiger charge is 2.26. The van der Waals surface area contributed by atoms with Gasteiger partial charge in [-0.3, -0.25) is 9.59 Å². The zero-order chi connectivity index (χ0) is 13.5. The molecule has 0 aromatic rings. The molecule has 4 nitrogen and oxygen atoms in total. The van der Waals surface area contributed by atoms with E-state index in [4.69, 9.17) is 5.11 Å². The van der Waals surface area contributed by atoms with Gasteiger partial charge in [0.05, 0.1) is 11.7 Å². The maximum Gasteiger partial charge on any atom is 0.306 e. The quantitative estimate of drug-likeness (QED) is 0.778. The largest absolute Gasteiger partial charge is 0.481 e. The van der Waals surface area contributed by atoms with Gasteiger partial charge in [-0.2, -0.15) is 0 Å². The molecule has 0 aliphatic heterocycles. The predicted molar refractivity (Wildman–Crippen MR) is 73.7 cm³/mol. The highest BCUT2D eigenvalue weighted by molar-refractivity contribution is 8.00. The van der Waals surface area contributed by atoms with E-state index < -0.39 is 5.97 Å². The lowest BCUT2D eigenvalue weighted by Crippen LogP contribution is -2.30. The molecular formula is C13H23NO3S. The Morgan fingerprint density at radius 3 is 2.39 bits per heavy atom. The van der Waals surface area contributed by atoms with E-state index >= 15 is 0 Å². The van der Waals surface area contributed by atoms with Crippen LogP contribution in [0.25, 0.3) is 0 Å². The third kappa shape index (κ3) is 5.76. The summed E-state index contributed by atoms with van der Waals surface area (Å²) in [5.74, 6) is 0.221. The maximum atomic E-state index is 11.5. The number of amides is 1. The number of hydrogen-bond donors (Lipinski definition) is 2. The van der Waals surface area contributed by atoms with Gasteiger partial charge in [0, 0.05) is 11.8 Å². The summed E-state index contributed by atoms with van der Waals surface area (Å²) in [6.45, 7) is 4.87. The topological polar surface area (TPSA) is 66.4 Å². The molecule has 0 radical (unpaired) electrons. The van der Waals surface area contributed by atoms with Crippen LogP contribution >= 0.6 is 11.8 Å². The summed E-state index contributed by atoms with van der Waals surface area (Å²) in [4.78, 5) is 22.3. The SMILES string of the molecule is CC(C)CNC(=O)CSC1CCC(C(=O)O)CC1. The Morgan fingerprint density at radius 2 is 1.89 bits per heavy atom. The molecular weight excluding hydrogens is 250 g/mol. The first-order valence-corrected chi connectivity index (χ1v) is 7.65. The molecule has 0 saturated heterocycles. The zero-order valence-electron chi connectivity index (χ0n) is 11.1. The Morgan fingerprint density at radius 1 is 1.28 bits per heavy atom. The zero-order valence-corrected chi connectivity index (χ0v) is 12.0. The van der Waals surface area contributed by atoms with Crippen LogP contribution in [0.5, 0.6) is 0 Å². The molecule has 1 amide bonds. The van der Waals surface area contributed by atoms with E-state index in [1.165, 1.54) is 0 Å². The summed E-state index contributed by atoms with van der Waals surface area (Å²) in [6, 6.07) is 0. The molecule has 0 aromatic carbocycles. The van der Waals surface area contributed by atoms with Crippen molar-refractivity contribution in [1.82, 2.24) is 5.32 Å². The summed E-state index contributed by atoms with van der Waals surface area (Å²) in [5, 5.41) is 12.2. The van der Waals surface area contributed by atoms with Gasteiger partial charge in [0.1, 0.15) is 0 Å². The first kappa shape index (κ1) is 15.3. The Hall–Kier alpha value is -0.710. The Bertz CT molecular complexity index is 286. The number of carboxylic acid groups (broad SMARTS) is 1. The van der Waals surface area contributed by atoms with E-state index in [0.29, 0.717) is 16.9 Å². The first-order chi connectivity index (χ1) is 8.49. The van der Waals surface area contributed by atoms with Crippen LogP contribution < -0.4 is 5.32 Å². The van der Waals surface area contributed by atoms with E-state index in [0.717, 1.165) is 32.2 Å². The second-order valence-corrected chi connectivity index (χ2v) is 6.61. The van der Waals surface area contributed by atoms with Crippen LogP contribution in [0.2, 0.25) is 0 Å². The lowest BCUT2D eigenvalue weighted by atomic mass is 9.89. The smallest absolute Gasteiger partial charge is 0.306 e. The highest BCUT2D eigenvalue weighted by atomic mass is 32.2. The molecule has 2 N–H and O–H groups in total. The molecule has 5 heteroatoms. The minimum Gasteiger partial charge on any atom is -0.481 e. The molecule has 18 heavy (non-hydrogen) atoms. The van der Waals surface area contributed by atoms with Crippen LogP contribution in [0.15, 0.2) is 0 Å². The van der Waals surface area contributed by atoms with Crippen molar-refractivity contribution in [2.75, 3.05) is 12.3 Å². The summed E-state index contributed by atoms with van der Waals surface area (Å²) in [6.07, 6.45) is 3.33. The van der Waals surface area contributed by atoms with Gasteiger partial charge in [-0.25, -0.2) is 0 Å². The number of hydrogen-bond acceptors (Lipinski definition) is 3. The molecule has 0 heterocycles. The number of carbonyl (C=O) groups excluding carboxylic acids is 1. The molecule has 0 bridgehead atoms. The molecule has 0 spiro atoms. The molecule has 1 saturated carbocycles. The van der Waals surface area contributed by atoms with Crippen LogP contribution in [0, 0.1) is 11.8 Å². The molecule has 1 aliphatic carbocycles. The lowest BCUT2D eigenvalue weighted by Gasteiger charge is -2.25. The van der Waals surface area contributed by atoms with Crippen molar-refractivity contribution in [1.29, 1.82) is 0 Å². The van der Waals surface area contributed by atoms with Crippen LogP contribution in [0.1, 0.15) is 39.5 Å². The minimum atomic E-state index is -0.673. The molecule has 0 unspecified atom stereocenters. The third-order valence-electron chi connectivity index (χ3n) is 3.18. The Balaban J connectivity index is 2.14. The Kier molecular flexibility index (Phi) is 6.54. The first-order valence-electron chi connectivity index (χ1n) is 6.60. The van der Waals surface area contributed by atoms with Crippen LogP contribution in [0.3, 0.4) is 0 Å². The summed E-state index contributed by atoms with van der Waals surface area (Å²) in [5.41, 5.74) is 0. The average Bonchev–Trinajstić information content (AvgIpc) is 2.34. The van der Waals surface area contributed by atoms with Crippen LogP contribution in [0.4, 0.5) is 0 Å². The van der Waals surface area contributed by atoms with E-state index in [1.807, 2.05) is 0 Å². The fourth-order valence-corrected chi connectivity index (χ4v) is 3.13. The standard InChI is InChI=1S/C13H23NO3S/c1-9(2)7-14-12(15)8-18-11-5-3-10(4-6-11)13(16)17/h9-11H,3-8H2,1-2H3,(H,14,15)(H,16,17). The van der Waals surface area contributed by atoms with Gasteiger partial charge >= 0.3 is 5.97 Å². The van der Waals surface area contributed by atoms with Gasteiger partial charge in [-0.1, -0.05) is 13.8 Å². The third-order valence-corrected chi connectivity index (χ3v) is 4.55. The second kappa shape index (κ2) is 7.67. The molecule has 1 rings (SSSR count). The summed E-state index contributed by atoms with van der Waals surface area (Å²) < 4.78 is 0. The number of carboxylic acids is 1. The van der Waals surface area contributed by atoms with Crippen molar-refractivity contribution in [2.24, 2.45) is 11.8 Å². The van der Waals surface area contributed by atoms with Crippen molar-refractivity contribution in [3.8, 4) is 0 Å². The van der Waals surface area contributed by atoms with E-state index in [-0.39, 0.29) is 11.8 Å². The average molecular weight is 273 g/mol. The van der Waals surface area contributed by atoms with Crippen molar-refractivity contribution in [3.63, 3.8) is 0 Å². The van der Waals surface area contributed by atoms with Gasteiger partial charge in [0.2, 0.25) is 5.91 Å². The van der Waals surface area contributed by atoms with Gasteiger partial charge in [-0.15, -0.1) is 11.8 Å². The monoisotopic (exact) mass is 273 g/mol. The fraction of sp³-hybridized carbons (Fsp3) is 0.846. The van der Waals surface area contributed by atoms with Crippen molar-refractivity contribution in [3.05, 3.63) is 0 Å². The number of rotatable bonds is 6. The number of aliphatic carboxylic acids is 1. The van der Waals surface area contributed by atoms with Crippen molar-refractivity contribution < 1.29 is 14.7 Å². The second-order valence-electron chi connectivity index (χ2n) is 5.32. The number of nitrogens with one attached hydrogen (secondary N) is 1. The van der Waals surface area contributed by atoms with Crippen LogP contribution in [-0.2, 0) is 9.59 Å². The van der Waals surface area contributed by atoms with E-state index in [2.05, 4.69) is 19.2 Å². The van der Waals surface area contributed by atoms with E-state index in [1.54, 1.807) is 11.8 Å². The van der Waals surface area contributed by atoms with Gasteiger partial charge in [0.25, 0.3) is 0 Å². The van der Waals surface area contributed by atoms with Crippen molar-refractivity contribution >= 4 is 23.6 Å². The molecule has 0 aromatic heterocycles. The van der Waals surface area contributed by atoms with Gasteiger partial charge < -0.3 is 10.4 Å².